The third kappa shape index (κ3) is 3.79. The van der Waals surface area contributed by atoms with Gasteiger partial charge in [-0.3, -0.25) is 4.79 Å². The van der Waals surface area contributed by atoms with Crippen molar-refractivity contribution in [1.29, 1.82) is 0 Å². The molecule has 0 N–H and O–H groups in total. The number of hydrogen-bond acceptors (Lipinski definition) is 3. The summed E-state index contributed by atoms with van der Waals surface area (Å²) >= 11 is 4.30. The highest BCUT2D eigenvalue weighted by Gasteiger charge is 2.14. The van der Waals surface area contributed by atoms with Crippen molar-refractivity contribution >= 4 is 18.5 Å². The van der Waals surface area contributed by atoms with Crippen molar-refractivity contribution in [2.24, 2.45) is 0 Å². The fourth-order valence-electron chi connectivity index (χ4n) is 2.12. The van der Waals surface area contributed by atoms with E-state index in [2.05, 4.69) is 12.6 Å². The molecule has 21 heavy (non-hydrogen) atoms. The van der Waals surface area contributed by atoms with E-state index in [1.54, 1.807) is 19.1 Å². The Labute approximate surface area is 131 Å². The Bertz CT molecular complexity index is 638. The number of ether oxygens (including phenoxy) is 1. The molecule has 0 spiro atoms. The van der Waals surface area contributed by atoms with E-state index in [1.807, 2.05) is 49.4 Å². The summed E-state index contributed by atoms with van der Waals surface area (Å²) in [5, 5.41) is 0. The van der Waals surface area contributed by atoms with Crippen LogP contribution in [0.4, 0.5) is 0 Å². The second kappa shape index (κ2) is 6.68. The lowest BCUT2D eigenvalue weighted by Gasteiger charge is -2.19. The smallest absolute Gasteiger partial charge is 0.254 e. The van der Waals surface area contributed by atoms with Crippen LogP contribution in [-0.4, -0.2) is 25.0 Å². The molecule has 110 valence electrons. The Balaban J connectivity index is 2.13. The summed E-state index contributed by atoms with van der Waals surface area (Å²) in [5.41, 5.74) is 2.71. The van der Waals surface area contributed by atoms with E-state index in [9.17, 15) is 4.79 Å². The Morgan fingerprint density at radius 3 is 2.48 bits per heavy atom. The molecule has 0 aliphatic carbocycles. The second-order valence-corrected chi connectivity index (χ2v) is 5.52. The average Bonchev–Trinajstić information content (AvgIpc) is 2.49. The lowest BCUT2D eigenvalue weighted by Crippen LogP contribution is -2.26. The SMILES string of the molecule is COc1ccc(CN(C)C(=O)c2cc(S)ccc2C)cc1. The topological polar surface area (TPSA) is 29.5 Å². The monoisotopic (exact) mass is 301 g/mol. The molecule has 0 atom stereocenters. The summed E-state index contributed by atoms with van der Waals surface area (Å²) in [5.74, 6) is 0.811. The zero-order chi connectivity index (χ0) is 15.4. The van der Waals surface area contributed by atoms with Crippen LogP contribution in [0.1, 0.15) is 21.5 Å². The number of nitrogens with zero attached hydrogens (tertiary/aromatic N) is 1. The third-order valence-electron chi connectivity index (χ3n) is 3.38. The van der Waals surface area contributed by atoms with Crippen LogP contribution in [0.5, 0.6) is 5.75 Å². The van der Waals surface area contributed by atoms with Crippen molar-refractivity contribution in [2.45, 2.75) is 18.4 Å². The molecule has 0 aliphatic heterocycles. The molecule has 0 aliphatic rings. The van der Waals surface area contributed by atoms with Crippen LogP contribution >= 0.6 is 12.6 Å². The van der Waals surface area contributed by atoms with Gasteiger partial charge in [-0.1, -0.05) is 18.2 Å². The molecule has 0 heterocycles. The largest absolute Gasteiger partial charge is 0.497 e. The van der Waals surface area contributed by atoms with Crippen molar-refractivity contribution in [3.8, 4) is 5.75 Å². The first-order valence-corrected chi connectivity index (χ1v) is 7.14. The summed E-state index contributed by atoms with van der Waals surface area (Å²) in [6.45, 7) is 2.49. The van der Waals surface area contributed by atoms with Gasteiger partial charge in [0.1, 0.15) is 5.75 Å². The van der Waals surface area contributed by atoms with Gasteiger partial charge in [0.05, 0.1) is 7.11 Å². The number of amides is 1. The molecule has 3 nitrogen and oxygen atoms in total. The fourth-order valence-corrected chi connectivity index (χ4v) is 2.33. The van der Waals surface area contributed by atoms with Crippen LogP contribution in [0.2, 0.25) is 0 Å². The van der Waals surface area contributed by atoms with Crippen LogP contribution in [-0.2, 0) is 6.54 Å². The predicted octanol–water partition coefficient (Wildman–Crippen LogP) is 3.56. The minimum atomic E-state index is -0.000724. The van der Waals surface area contributed by atoms with Crippen LogP contribution in [0, 0.1) is 6.92 Å². The zero-order valence-electron chi connectivity index (χ0n) is 12.5. The number of methoxy groups -OCH3 is 1. The highest BCUT2D eigenvalue weighted by molar-refractivity contribution is 7.80. The zero-order valence-corrected chi connectivity index (χ0v) is 13.4. The second-order valence-electron chi connectivity index (χ2n) is 5.01. The number of benzene rings is 2. The molecule has 2 aromatic carbocycles. The molecule has 2 aromatic rings. The number of aryl methyl sites for hydroxylation is 1. The fraction of sp³-hybridized carbons (Fsp3) is 0.235. The van der Waals surface area contributed by atoms with Crippen LogP contribution < -0.4 is 4.74 Å². The summed E-state index contributed by atoms with van der Waals surface area (Å²) in [6, 6.07) is 13.3. The molecular weight excluding hydrogens is 282 g/mol. The Hall–Kier alpha value is -1.94. The van der Waals surface area contributed by atoms with Gasteiger partial charge in [-0.05, 0) is 42.3 Å². The standard InChI is InChI=1S/C17H19NO2S/c1-12-4-9-15(21)10-16(12)17(19)18(2)11-13-5-7-14(20-3)8-6-13/h4-10,21H,11H2,1-3H3. The maximum Gasteiger partial charge on any atom is 0.254 e. The Morgan fingerprint density at radius 1 is 1.19 bits per heavy atom. The lowest BCUT2D eigenvalue weighted by atomic mass is 10.1. The van der Waals surface area contributed by atoms with E-state index >= 15 is 0 Å². The highest BCUT2D eigenvalue weighted by Crippen LogP contribution is 2.18. The van der Waals surface area contributed by atoms with Crippen LogP contribution in [0.25, 0.3) is 0 Å². The molecular formula is C17H19NO2S. The first-order valence-electron chi connectivity index (χ1n) is 6.69. The molecule has 0 saturated heterocycles. The van der Waals surface area contributed by atoms with Crippen molar-refractivity contribution in [2.75, 3.05) is 14.2 Å². The van der Waals surface area contributed by atoms with E-state index in [0.717, 1.165) is 21.8 Å². The van der Waals surface area contributed by atoms with Crippen LogP contribution in [0.15, 0.2) is 47.4 Å². The van der Waals surface area contributed by atoms with Gasteiger partial charge in [0, 0.05) is 24.1 Å². The van der Waals surface area contributed by atoms with Crippen molar-refractivity contribution in [3.05, 3.63) is 59.2 Å². The van der Waals surface area contributed by atoms with Gasteiger partial charge in [-0.2, -0.15) is 0 Å². The van der Waals surface area contributed by atoms with Gasteiger partial charge in [0.15, 0.2) is 0 Å². The van der Waals surface area contributed by atoms with E-state index in [1.165, 1.54) is 0 Å². The van der Waals surface area contributed by atoms with Gasteiger partial charge in [0.25, 0.3) is 5.91 Å². The van der Waals surface area contributed by atoms with Gasteiger partial charge in [-0.15, -0.1) is 12.6 Å². The predicted molar refractivity (Wildman–Crippen MR) is 87.2 cm³/mol. The lowest BCUT2D eigenvalue weighted by molar-refractivity contribution is 0.0784. The average molecular weight is 301 g/mol. The number of thiol groups is 1. The van der Waals surface area contributed by atoms with Gasteiger partial charge in [0.2, 0.25) is 0 Å². The minimum absolute atomic E-state index is 0.000724. The molecule has 1 amide bonds. The molecule has 4 heteroatoms. The van der Waals surface area contributed by atoms with E-state index in [4.69, 9.17) is 4.74 Å². The quantitative estimate of drug-likeness (QED) is 0.875. The summed E-state index contributed by atoms with van der Waals surface area (Å²) in [6.07, 6.45) is 0. The van der Waals surface area contributed by atoms with Crippen LogP contribution in [0.3, 0.4) is 0 Å². The van der Waals surface area contributed by atoms with Crippen molar-refractivity contribution in [3.63, 3.8) is 0 Å². The molecule has 0 unspecified atom stereocenters. The summed E-state index contributed by atoms with van der Waals surface area (Å²) in [4.78, 5) is 15.0. The molecule has 0 fully saturated rings. The Kier molecular flexibility index (Phi) is 4.91. The van der Waals surface area contributed by atoms with Gasteiger partial charge >= 0.3 is 0 Å². The summed E-state index contributed by atoms with van der Waals surface area (Å²) < 4.78 is 5.13. The number of hydrogen-bond donors (Lipinski definition) is 1. The molecule has 2 rings (SSSR count). The first-order chi connectivity index (χ1) is 10.0. The minimum Gasteiger partial charge on any atom is -0.497 e. The normalized spacial score (nSPS) is 10.3. The molecule has 0 aromatic heterocycles. The Morgan fingerprint density at radius 2 is 1.86 bits per heavy atom. The van der Waals surface area contributed by atoms with Crippen molar-refractivity contribution < 1.29 is 9.53 Å². The number of rotatable bonds is 4. The van der Waals surface area contributed by atoms with E-state index in [-0.39, 0.29) is 5.91 Å². The number of carbonyl (C=O) groups is 1. The summed E-state index contributed by atoms with van der Waals surface area (Å²) in [7, 11) is 3.44. The first kappa shape index (κ1) is 15.4. The maximum absolute atomic E-state index is 12.5. The molecule has 0 saturated carbocycles. The van der Waals surface area contributed by atoms with Gasteiger partial charge < -0.3 is 9.64 Å². The molecule has 0 radical (unpaired) electrons. The molecule has 0 bridgehead atoms. The highest BCUT2D eigenvalue weighted by atomic mass is 32.1. The number of carbonyl (C=O) groups excluding carboxylic acids is 1. The van der Waals surface area contributed by atoms with E-state index < -0.39 is 0 Å². The van der Waals surface area contributed by atoms with Gasteiger partial charge in [-0.25, -0.2) is 0 Å². The van der Waals surface area contributed by atoms with E-state index in [0.29, 0.717) is 12.1 Å². The maximum atomic E-state index is 12.5. The van der Waals surface area contributed by atoms with Crippen molar-refractivity contribution in [1.82, 2.24) is 4.90 Å². The third-order valence-corrected chi connectivity index (χ3v) is 3.66.